The Morgan fingerprint density at radius 1 is 1.07 bits per heavy atom. The summed E-state index contributed by atoms with van der Waals surface area (Å²) in [7, 11) is 0. The van der Waals surface area contributed by atoms with E-state index in [0.717, 1.165) is 17.7 Å². The van der Waals surface area contributed by atoms with Gasteiger partial charge in [0, 0.05) is 37.7 Å². The van der Waals surface area contributed by atoms with Crippen molar-refractivity contribution < 1.29 is 27.8 Å². The van der Waals surface area contributed by atoms with E-state index in [-0.39, 0.29) is 37.5 Å². The predicted octanol–water partition coefficient (Wildman–Crippen LogP) is 3.81. The molecule has 7 heteroatoms. The number of halogens is 3. The molecule has 152 valence electrons. The van der Waals surface area contributed by atoms with Crippen molar-refractivity contribution in [2.75, 3.05) is 13.2 Å². The van der Waals surface area contributed by atoms with Gasteiger partial charge in [-0.05, 0) is 30.2 Å². The lowest BCUT2D eigenvalue weighted by molar-refractivity contribution is -0.147. The summed E-state index contributed by atoms with van der Waals surface area (Å²) >= 11 is 0. The number of hydrogen-bond donors (Lipinski definition) is 1. The van der Waals surface area contributed by atoms with Crippen LogP contribution in [0.5, 0.6) is 0 Å². The lowest BCUT2D eigenvalue weighted by Crippen LogP contribution is -2.35. The third kappa shape index (κ3) is 7.32. The van der Waals surface area contributed by atoms with Gasteiger partial charge in [0.05, 0.1) is 0 Å². The first kappa shape index (κ1) is 21.9. The summed E-state index contributed by atoms with van der Waals surface area (Å²) in [5.74, 6) is -2.12. The molecule has 2 aromatic carbocycles. The maximum atomic E-state index is 14.0. The van der Waals surface area contributed by atoms with E-state index in [0.29, 0.717) is 13.0 Å². The zero-order valence-electron chi connectivity index (χ0n) is 15.7. The summed E-state index contributed by atoms with van der Waals surface area (Å²) in [4.78, 5) is 13.2. The van der Waals surface area contributed by atoms with E-state index in [4.69, 9.17) is 4.74 Å². The molecule has 28 heavy (non-hydrogen) atoms. The number of nitrogens with zero attached hydrogens (tertiary/aromatic N) is 1. The average Bonchev–Trinajstić information content (AvgIpc) is 2.64. The molecule has 1 atom stereocenters. The highest BCUT2D eigenvalue weighted by molar-refractivity contribution is 5.69. The summed E-state index contributed by atoms with van der Waals surface area (Å²) in [5.41, 5.74) is 1.03. The van der Waals surface area contributed by atoms with Crippen LogP contribution in [0.4, 0.5) is 13.2 Å². The van der Waals surface area contributed by atoms with Crippen LogP contribution in [-0.2, 0) is 22.6 Å². The minimum atomic E-state index is -0.982. The Balaban J connectivity index is 2.06. The van der Waals surface area contributed by atoms with Gasteiger partial charge < -0.3 is 9.84 Å². The molecule has 0 saturated heterocycles. The van der Waals surface area contributed by atoms with Crippen LogP contribution in [0.1, 0.15) is 30.9 Å². The van der Waals surface area contributed by atoms with Crippen molar-refractivity contribution in [1.29, 1.82) is 0 Å². The molecule has 0 spiro atoms. The number of aliphatic hydroxyl groups excluding tert-OH is 1. The molecule has 0 saturated carbocycles. The van der Waals surface area contributed by atoms with Gasteiger partial charge in [-0.15, -0.1) is 0 Å². The van der Waals surface area contributed by atoms with E-state index >= 15 is 0 Å². The molecule has 0 aromatic heterocycles. The van der Waals surface area contributed by atoms with E-state index in [1.807, 2.05) is 6.92 Å². The van der Waals surface area contributed by atoms with Crippen molar-refractivity contribution in [2.45, 2.75) is 39.0 Å². The summed E-state index contributed by atoms with van der Waals surface area (Å²) in [6.45, 7) is 2.16. The first-order valence-corrected chi connectivity index (χ1v) is 9.11. The lowest BCUT2D eigenvalue weighted by atomic mass is 10.1. The molecule has 0 amide bonds. The Kier molecular flexibility index (Phi) is 8.47. The zero-order valence-corrected chi connectivity index (χ0v) is 15.7. The molecule has 0 fully saturated rings. The summed E-state index contributed by atoms with van der Waals surface area (Å²) in [5, 5.41) is 10.2. The minimum Gasteiger partial charge on any atom is -0.463 e. The lowest BCUT2D eigenvalue weighted by Gasteiger charge is -2.25. The fraction of sp³-hybridized carbons (Fsp3) is 0.381. The van der Waals surface area contributed by atoms with Gasteiger partial charge in [0.25, 0.3) is 0 Å². The van der Waals surface area contributed by atoms with E-state index in [2.05, 4.69) is 0 Å². The van der Waals surface area contributed by atoms with Crippen LogP contribution in [0.15, 0.2) is 42.5 Å². The van der Waals surface area contributed by atoms with E-state index in [1.165, 1.54) is 18.2 Å². The van der Waals surface area contributed by atoms with Gasteiger partial charge in [0.2, 0.25) is 0 Å². The molecule has 0 aliphatic carbocycles. The van der Waals surface area contributed by atoms with Gasteiger partial charge in [-0.25, -0.2) is 13.2 Å². The van der Waals surface area contributed by atoms with Crippen LogP contribution in [-0.4, -0.2) is 35.2 Å². The van der Waals surface area contributed by atoms with E-state index < -0.39 is 23.7 Å². The SMILES string of the molecule is CCCC(=O)OC[C@H](O)CN(Cc1ccc(F)cc1)Cc1ccc(F)cc1F. The van der Waals surface area contributed by atoms with Crippen LogP contribution in [0.3, 0.4) is 0 Å². The van der Waals surface area contributed by atoms with Crippen molar-refractivity contribution in [3.8, 4) is 0 Å². The number of ether oxygens (including phenoxy) is 1. The highest BCUT2D eigenvalue weighted by Crippen LogP contribution is 2.15. The number of benzene rings is 2. The van der Waals surface area contributed by atoms with Gasteiger partial charge in [-0.3, -0.25) is 9.69 Å². The number of carbonyl (C=O) groups excluding carboxylic acids is 1. The first-order valence-electron chi connectivity index (χ1n) is 9.11. The summed E-state index contributed by atoms with van der Waals surface area (Å²) < 4.78 is 45.3. The Bertz CT molecular complexity index is 768. The third-order valence-corrected chi connectivity index (χ3v) is 4.09. The monoisotopic (exact) mass is 395 g/mol. The first-order chi connectivity index (χ1) is 13.4. The molecule has 1 N–H and O–H groups in total. The molecule has 0 aliphatic heterocycles. The van der Waals surface area contributed by atoms with Gasteiger partial charge in [0.15, 0.2) is 0 Å². The number of rotatable bonds is 10. The smallest absolute Gasteiger partial charge is 0.305 e. The van der Waals surface area contributed by atoms with Crippen LogP contribution in [0, 0.1) is 17.5 Å². The second-order valence-corrected chi connectivity index (χ2v) is 6.62. The van der Waals surface area contributed by atoms with Gasteiger partial charge in [0.1, 0.15) is 30.2 Å². The zero-order chi connectivity index (χ0) is 20.5. The molecule has 2 aromatic rings. The van der Waals surface area contributed by atoms with Crippen LogP contribution in [0.25, 0.3) is 0 Å². The maximum Gasteiger partial charge on any atom is 0.305 e. The highest BCUT2D eigenvalue weighted by Gasteiger charge is 2.17. The van der Waals surface area contributed by atoms with Crippen molar-refractivity contribution in [3.63, 3.8) is 0 Å². The largest absolute Gasteiger partial charge is 0.463 e. The third-order valence-electron chi connectivity index (χ3n) is 4.09. The van der Waals surface area contributed by atoms with Crippen molar-refractivity contribution in [3.05, 3.63) is 71.0 Å². The quantitative estimate of drug-likeness (QED) is 0.622. The second kappa shape index (κ2) is 10.8. The Morgan fingerprint density at radius 3 is 2.39 bits per heavy atom. The van der Waals surface area contributed by atoms with E-state index in [1.54, 1.807) is 17.0 Å². The molecule has 0 unspecified atom stereocenters. The molecule has 2 rings (SSSR count). The fourth-order valence-electron chi connectivity index (χ4n) is 2.74. The fourth-order valence-corrected chi connectivity index (χ4v) is 2.74. The van der Waals surface area contributed by atoms with Gasteiger partial charge in [-0.1, -0.05) is 25.1 Å². The van der Waals surface area contributed by atoms with Crippen molar-refractivity contribution >= 4 is 5.97 Å². The molecule has 4 nitrogen and oxygen atoms in total. The number of aliphatic hydroxyl groups is 1. The number of esters is 1. The molecule has 0 heterocycles. The Hall–Kier alpha value is -2.38. The topological polar surface area (TPSA) is 49.8 Å². The molecular weight excluding hydrogens is 371 g/mol. The highest BCUT2D eigenvalue weighted by atomic mass is 19.1. The van der Waals surface area contributed by atoms with Gasteiger partial charge >= 0.3 is 5.97 Å². The molecule has 0 aliphatic rings. The van der Waals surface area contributed by atoms with Crippen LogP contribution >= 0.6 is 0 Å². The molecule has 0 bridgehead atoms. The van der Waals surface area contributed by atoms with Crippen molar-refractivity contribution in [1.82, 2.24) is 4.90 Å². The number of carbonyl (C=O) groups is 1. The van der Waals surface area contributed by atoms with Gasteiger partial charge in [-0.2, -0.15) is 0 Å². The minimum absolute atomic E-state index is 0.0909. The van der Waals surface area contributed by atoms with Crippen LogP contribution < -0.4 is 0 Å². The molecular formula is C21H24F3NO3. The maximum absolute atomic E-state index is 14.0. The standard InChI is InChI=1S/C21H24F3NO3/c1-2-3-21(27)28-14-19(26)13-25(11-15-4-7-17(22)8-5-15)12-16-6-9-18(23)10-20(16)24/h4-10,19,26H,2-3,11-14H2,1H3/t19-/m1/s1. The Morgan fingerprint density at radius 2 is 1.75 bits per heavy atom. The Labute approximate surface area is 162 Å². The number of hydrogen-bond acceptors (Lipinski definition) is 4. The predicted molar refractivity (Wildman–Crippen MR) is 98.7 cm³/mol. The summed E-state index contributed by atoms with van der Waals surface area (Å²) in [6.07, 6.45) is -0.0628. The van der Waals surface area contributed by atoms with E-state index in [9.17, 15) is 23.1 Å². The average molecular weight is 395 g/mol. The normalized spacial score (nSPS) is 12.2. The molecule has 0 radical (unpaired) electrons. The summed E-state index contributed by atoms with van der Waals surface area (Å²) in [6, 6.07) is 9.12. The van der Waals surface area contributed by atoms with Crippen molar-refractivity contribution in [2.24, 2.45) is 0 Å². The van der Waals surface area contributed by atoms with Crippen LogP contribution in [0.2, 0.25) is 0 Å². The second-order valence-electron chi connectivity index (χ2n) is 6.62.